The zero-order chi connectivity index (χ0) is 20.8. The third kappa shape index (κ3) is 4.70. The first-order chi connectivity index (χ1) is 14.0. The summed E-state index contributed by atoms with van der Waals surface area (Å²) in [5, 5.41) is 16.1. The van der Waals surface area contributed by atoms with Crippen LogP contribution >= 0.6 is 0 Å². The van der Waals surface area contributed by atoms with Crippen molar-refractivity contribution >= 4 is 17.7 Å². The lowest BCUT2D eigenvalue weighted by Gasteiger charge is -2.29. The molecular formula is C20H19N3O6. The molecule has 2 aromatic rings. The number of hydrogen-bond donors (Lipinski definition) is 2. The Bertz CT molecular complexity index is 940. The van der Waals surface area contributed by atoms with Crippen LogP contribution in [0.3, 0.4) is 0 Å². The summed E-state index contributed by atoms with van der Waals surface area (Å²) < 4.78 is 10.8. The van der Waals surface area contributed by atoms with Gasteiger partial charge in [0.2, 0.25) is 0 Å². The highest BCUT2D eigenvalue weighted by atomic mass is 16.6. The zero-order valence-electron chi connectivity index (χ0n) is 15.6. The number of nitrogens with zero attached hydrogens (tertiary/aromatic N) is 1. The van der Waals surface area contributed by atoms with Crippen LogP contribution in [0.2, 0.25) is 0 Å². The molecule has 0 aromatic heterocycles. The first-order valence-electron chi connectivity index (χ1n) is 8.89. The molecule has 29 heavy (non-hydrogen) atoms. The van der Waals surface area contributed by atoms with Crippen LogP contribution in [0, 0.1) is 10.1 Å². The summed E-state index contributed by atoms with van der Waals surface area (Å²) in [4.78, 5) is 35.0. The maximum absolute atomic E-state index is 12.6. The number of non-ortho nitro benzene ring substituents is 1. The number of benzene rings is 2. The Morgan fingerprint density at radius 1 is 1.14 bits per heavy atom. The third-order valence-corrected chi connectivity index (χ3v) is 4.21. The molecule has 1 atom stereocenters. The van der Waals surface area contributed by atoms with Gasteiger partial charge in [-0.1, -0.05) is 30.3 Å². The molecule has 2 aromatic carbocycles. The van der Waals surface area contributed by atoms with Gasteiger partial charge in [0.25, 0.3) is 5.69 Å². The van der Waals surface area contributed by atoms with Crippen LogP contribution in [0.5, 0.6) is 5.75 Å². The van der Waals surface area contributed by atoms with Crippen molar-refractivity contribution in [3.05, 3.63) is 81.5 Å². The second-order valence-corrected chi connectivity index (χ2v) is 6.09. The van der Waals surface area contributed by atoms with E-state index in [1.54, 1.807) is 31.2 Å². The van der Waals surface area contributed by atoms with Gasteiger partial charge in [-0.05, 0) is 24.6 Å². The lowest BCUT2D eigenvalue weighted by molar-refractivity contribution is -0.384. The summed E-state index contributed by atoms with van der Waals surface area (Å²) in [6.07, 6.45) is 0. The van der Waals surface area contributed by atoms with Crippen molar-refractivity contribution in [3.8, 4) is 5.75 Å². The van der Waals surface area contributed by atoms with Crippen molar-refractivity contribution in [1.82, 2.24) is 10.6 Å². The highest BCUT2D eigenvalue weighted by molar-refractivity contribution is 5.95. The summed E-state index contributed by atoms with van der Waals surface area (Å²) in [7, 11) is 0. The predicted molar refractivity (Wildman–Crippen MR) is 103 cm³/mol. The molecule has 9 nitrogen and oxygen atoms in total. The molecule has 0 aliphatic carbocycles. The lowest BCUT2D eigenvalue weighted by atomic mass is 9.95. The number of nitrogens with one attached hydrogen (secondary N) is 2. The van der Waals surface area contributed by atoms with Gasteiger partial charge >= 0.3 is 12.0 Å². The van der Waals surface area contributed by atoms with Gasteiger partial charge in [-0.15, -0.1) is 0 Å². The monoisotopic (exact) mass is 397 g/mol. The quantitative estimate of drug-likeness (QED) is 0.421. The van der Waals surface area contributed by atoms with Gasteiger partial charge in [-0.2, -0.15) is 0 Å². The van der Waals surface area contributed by atoms with Crippen molar-refractivity contribution in [3.63, 3.8) is 0 Å². The van der Waals surface area contributed by atoms with Gasteiger partial charge in [-0.25, -0.2) is 9.59 Å². The second kappa shape index (κ2) is 8.87. The van der Waals surface area contributed by atoms with Crippen LogP contribution in [-0.2, 0) is 9.53 Å². The van der Waals surface area contributed by atoms with E-state index in [1.807, 2.05) is 6.07 Å². The van der Waals surface area contributed by atoms with E-state index >= 15 is 0 Å². The molecule has 0 fully saturated rings. The predicted octanol–water partition coefficient (Wildman–Crippen LogP) is 2.84. The molecule has 9 heteroatoms. The van der Waals surface area contributed by atoms with Crippen molar-refractivity contribution in [2.75, 3.05) is 13.2 Å². The SMILES string of the molecule is CCOC(=O)C1=C(COc2ccc([N+](=O)[O-])cc2)NC(=O)NC1c1ccccc1. The Morgan fingerprint density at radius 3 is 2.45 bits per heavy atom. The number of nitro groups is 1. The lowest BCUT2D eigenvalue weighted by Crippen LogP contribution is -2.47. The van der Waals surface area contributed by atoms with Gasteiger partial charge in [0.15, 0.2) is 0 Å². The van der Waals surface area contributed by atoms with Crippen molar-refractivity contribution in [1.29, 1.82) is 0 Å². The van der Waals surface area contributed by atoms with Gasteiger partial charge in [0, 0.05) is 12.1 Å². The fourth-order valence-corrected chi connectivity index (χ4v) is 2.90. The standard InChI is InChI=1S/C20H19N3O6/c1-2-28-19(24)17-16(12-29-15-10-8-14(9-11-15)23(26)27)21-20(25)22-18(17)13-6-4-3-5-7-13/h3-11,18H,2,12H2,1H3,(H2,21,22,25). The summed E-state index contributed by atoms with van der Waals surface area (Å²) in [6, 6.07) is 13.4. The zero-order valence-corrected chi connectivity index (χ0v) is 15.6. The topological polar surface area (TPSA) is 120 Å². The Kier molecular flexibility index (Phi) is 6.08. The average molecular weight is 397 g/mol. The molecule has 0 radical (unpaired) electrons. The number of esters is 1. The van der Waals surface area contributed by atoms with Crippen LogP contribution in [0.4, 0.5) is 10.5 Å². The number of rotatable bonds is 7. The fraction of sp³-hybridized carbons (Fsp3) is 0.200. The Hall–Kier alpha value is -3.88. The molecule has 0 bridgehead atoms. The van der Waals surface area contributed by atoms with E-state index in [0.29, 0.717) is 5.75 Å². The van der Waals surface area contributed by atoms with Crippen LogP contribution in [0.25, 0.3) is 0 Å². The van der Waals surface area contributed by atoms with Crippen LogP contribution in [0.1, 0.15) is 18.5 Å². The largest absolute Gasteiger partial charge is 0.487 e. The summed E-state index contributed by atoms with van der Waals surface area (Å²) in [5.41, 5.74) is 1.15. The van der Waals surface area contributed by atoms with Crippen LogP contribution < -0.4 is 15.4 Å². The van der Waals surface area contributed by atoms with Gasteiger partial charge < -0.3 is 20.1 Å². The number of amides is 2. The second-order valence-electron chi connectivity index (χ2n) is 6.09. The van der Waals surface area contributed by atoms with E-state index in [4.69, 9.17) is 9.47 Å². The summed E-state index contributed by atoms with van der Waals surface area (Å²) in [5.74, 6) is -0.216. The molecule has 0 spiro atoms. The molecule has 0 saturated heterocycles. The molecule has 1 unspecified atom stereocenters. The molecule has 3 rings (SSSR count). The van der Waals surface area contributed by atoms with Crippen molar-refractivity contribution < 1.29 is 24.0 Å². The molecular weight excluding hydrogens is 378 g/mol. The van der Waals surface area contributed by atoms with E-state index in [9.17, 15) is 19.7 Å². The van der Waals surface area contributed by atoms with E-state index in [2.05, 4.69) is 10.6 Å². The van der Waals surface area contributed by atoms with Crippen molar-refractivity contribution in [2.45, 2.75) is 13.0 Å². The number of carbonyl (C=O) groups is 2. The number of carbonyl (C=O) groups excluding carboxylic acids is 2. The highest BCUT2D eigenvalue weighted by Crippen LogP contribution is 2.28. The van der Waals surface area contributed by atoms with E-state index < -0.39 is 23.0 Å². The molecule has 1 aliphatic rings. The smallest absolute Gasteiger partial charge is 0.338 e. The maximum Gasteiger partial charge on any atom is 0.338 e. The number of urea groups is 1. The molecule has 2 N–H and O–H groups in total. The normalized spacial score (nSPS) is 15.9. The third-order valence-electron chi connectivity index (χ3n) is 4.21. The van der Waals surface area contributed by atoms with Gasteiger partial charge in [0.1, 0.15) is 12.4 Å². The Balaban J connectivity index is 1.90. The fourth-order valence-electron chi connectivity index (χ4n) is 2.90. The number of ether oxygens (including phenoxy) is 2. The van der Waals surface area contributed by atoms with Crippen LogP contribution in [0.15, 0.2) is 65.9 Å². The van der Waals surface area contributed by atoms with E-state index in [1.165, 1.54) is 24.3 Å². The minimum atomic E-state index is -0.695. The summed E-state index contributed by atoms with van der Waals surface area (Å²) in [6.45, 7) is 1.74. The number of nitro benzene ring substituents is 1. The molecule has 1 aliphatic heterocycles. The van der Waals surface area contributed by atoms with Gasteiger partial charge in [-0.3, -0.25) is 10.1 Å². The highest BCUT2D eigenvalue weighted by Gasteiger charge is 2.33. The molecule has 150 valence electrons. The first-order valence-corrected chi connectivity index (χ1v) is 8.89. The van der Waals surface area contributed by atoms with E-state index in [0.717, 1.165) is 5.56 Å². The molecule has 2 amide bonds. The van der Waals surface area contributed by atoms with Crippen molar-refractivity contribution in [2.24, 2.45) is 0 Å². The Labute approximate surface area is 166 Å². The molecule has 1 heterocycles. The van der Waals surface area contributed by atoms with E-state index in [-0.39, 0.29) is 30.2 Å². The molecule has 0 saturated carbocycles. The maximum atomic E-state index is 12.6. The Morgan fingerprint density at radius 2 is 1.83 bits per heavy atom. The van der Waals surface area contributed by atoms with Gasteiger partial charge in [0.05, 0.1) is 28.8 Å². The minimum absolute atomic E-state index is 0.0666. The first kappa shape index (κ1) is 19.9. The summed E-state index contributed by atoms with van der Waals surface area (Å²) >= 11 is 0. The number of hydrogen-bond acceptors (Lipinski definition) is 6. The van der Waals surface area contributed by atoms with Crippen LogP contribution in [-0.4, -0.2) is 30.1 Å². The minimum Gasteiger partial charge on any atom is -0.487 e. The average Bonchev–Trinajstić information content (AvgIpc) is 2.72.